The lowest BCUT2D eigenvalue weighted by atomic mass is 10.2. The molecule has 0 bridgehead atoms. The highest BCUT2D eigenvalue weighted by Gasteiger charge is 2.12. The number of thioether (sulfide) groups is 2. The number of hydrogen-bond acceptors (Lipinski definition) is 5. The fourth-order valence-electron chi connectivity index (χ4n) is 2.48. The molecule has 0 aliphatic rings. The highest BCUT2D eigenvalue weighted by molar-refractivity contribution is 7.99. The van der Waals surface area contributed by atoms with Crippen LogP contribution in [-0.2, 0) is 23.3 Å². The van der Waals surface area contributed by atoms with Gasteiger partial charge in [-0.05, 0) is 42.3 Å². The normalized spacial score (nSPS) is 10.9. The Balaban J connectivity index is 1.49. The Bertz CT molecular complexity index is 993. The van der Waals surface area contributed by atoms with Crippen molar-refractivity contribution in [1.82, 2.24) is 14.8 Å². The fourth-order valence-corrected chi connectivity index (χ4v) is 4.18. The molecule has 152 valence electrons. The molecule has 0 atom stereocenters. The van der Waals surface area contributed by atoms with Crippen molar-refractivity contribution in [3.05, 3.63) is 71.1 Å². The van der Waals surface area contributed by atoms with Crippen molar-refractivity contribution < 1.29 is 13.6 Å². The molecule has 29 heavy (non-hydrogen) atoms. The van der Waals surface area contributed by atoms with E-state index in [1.165, 1.54) is 36.0 Å². The zero-order chi connectivity index (χ0) is 20.8. The lowest BCUT2D eigenvalue weighted by molar-refractivity contribution is -0.113. The number of rotatable bonds is 8. The van der Waals surface area contributed by atoms with Crippen LogP contribution in [0, 0.1) is 18.6 Å². The summed E-state index contributed by atoms with van der Waals surface area (Å²) in [6.45, 7) is 1.81. The molecule has 1 N–H and O–H groups in total. The first-order valence-corrected chi connectivity index (χ1v) is 11.0. The van der Waals surface area contributed by atoms with Gasteiger partial charge in [0, 0.05) is 18.5 Å². The van der Waals surface area contributed by atoms with Crippen LogP contribution in [0.15, 0.2) is 47.6 Å². The van der Waals surface area contributed by atoms with Crippen molar-refractivity contribution in [3.8, 4) is 0 Å². The second-order valence-electron chi connectivity index (χ2n) is 6.37. The van der Waals surface area contributed by atoms with Crippen molar-refractivity contribution in [3.63, 3.8) is 0 Å². The standard InChI is InChI=1S/C20H20F2N4OS2/c1-13-3-6-16(22)9-17(13)23-19(27)12-29-20-25-24-18(26(20)2)11-28-10-14-4-7-15(21)8-5-14/h3-9H,10-12H2,1-2H3,(H,23,27). The molecule has 1 amide bonds. The van der Waals surface area contributed by atoms with Gasteiger partial charge in [-0.3, -0.25) is 4.79 Å². The Morgan fingerprint density at radius 2 is 1.79 bits per heavy atom. The van der Waals surface area contributed by atoms with Crippen molar-refractivity contribution in [2.24, 2.45) is 7.05 Å². The first kappa shape index (κ1) is 21.3. The number of nitrogens with one attached hydrogen (secondary N) is 1. The molecule has 3 rings (SSSR count). The van der Waals surface area contributed by atoms with Crippen molar-refractivity contribution in [1.29, 1.82) is 0 Å². The molecule has 2 aromatic carbocycles. The van der Waals surface area contributed by atoms with Crippen LogP contribution in [0.3, 0.4) is 0 Å². The van der Waals surface area contributed by atoms with E-state index >= 15 is 0 Å². The van der Waals surface area contributed by atoms with E-state index in [0.717, 1.165) is 22.7 Å². The SMILES string of the molecule is Cc1ccc(F)cc1NC(=O)CSc1nnc(CSCc2ccc(F)cc2)n1C. The molecule has 0 fully saturated rings. The van der Waals surface area contributed by atoms with Gasteiger partial charge in [-0.15, -0.1) is 22.0 Å². The molecule has 0 aliphatic heterocycles. The van der Waals surface area contributed by atoms with Crippen LogP contribution in [-0.4, -0.2) is 26.4 Å². The summed E-state index contributed by atoms with van der Waals surface area (Å²) in [5.74, 6) is 1.45. The van der Waals surface area contributed by atoms with E-state index in [2.05, 4.69) is 15.5 Å². The third-order valence-electron chi connectivity index (χ3n) is 4.14. The number of anilines is 1. The number of nitrogens with zero attached hydrogens (tertiary/aromatic N) is 3. The second-order valence-corrected chi connectivity index (χ2v) is 8.30. The van der Waals surface area contributed by atoms with Crippen LogP contribution >= 0.6 is 23.5 Å². The maximum atomic E-state index is 13.3. The Morgan fingerprint density at radius 3 is 2.55 bits per heavy atom. The number of carbonyl (C=O) groups excluding carboxylic acids is 1. The van der Waals surface area contributed by atoms with Gasteiger partial charge in [-0.1, -0.05) is 30.0 Å². The van der Waals surface area contributed by atoms with Crippen LogP contribution in [0.2, 0.25) is 0 Å². The van der Waals surface area contributed by atoms with E-state index in [9.17, 15) is 13.6 Å². The Labute approximate surface area is 176 Å². The lowest BCUT2D eigenvalue weighted by Gasteiger charge is -2.08. The Hall–Kier alpha value is -2.39. The topological polar surface area (TPSA) is 59.8 Å². The molecule has 0 saturated carbocycles. The van der Waals surface area contributed by atoms with Gasteiger partial charge in [-0.2, -0.15) is 0 Å². The molecule has 1 aromatic heterocycles. The molecule has 1 heterocycles. The number of hydrogen-bond donors (Lipinski definition) is 1. The number of benzene rings is 2. The predicted octanol–water partition coefficient (Wildman–Crippen LogP) is 4.57. The quantitative estimate of drug-likeness (QED) is 0.527. The van der Waals surface area contributed by atoms with Gasteiger partial charge in [0.05, 0.1) is 11.5 Å². The van der Waals surface area contributed by atoms with Crippen LogP contribution in [0.1, 0.15) is 17.0 Å². The summed E-state index contributed by atoms with van der Waals surface area (Å²) in [5, 5.41) is 11.7. The monoisotopic (exact) mass is 434 g/mol. The van der Waals surface area contributed by atoms with E-state index in [1.807, 2.05) is 11.6 Å². The Kier molecular flexibility index (Phi) is 7.27. The number of aromatic nitrogens is 3. The minimum atomic E-state index is -0.394. The van der Waals surface area contributed by atoms with Gasteiger partial charge in [0.15, 0.2) is 5.16 Å². The predicted molar refractivity (Wildman–Crippen MR) is 113 cm³/mol. The second kappa shape index (κ2) is 9.89. The third kappa shape index (κ3) is 6.04. The Morgan fingerprint density at radius 1 is 1.07 bits per heavy atom. The van der Waals surface area contributed by atoms with Crippen molar-refractivity contribution in [2.75, 3.05) is 11.1 Å². The average molecular weight is 435 g/mol. The summed E-state index contributed by atoms with van der Waals surface area (Å²) < 4.78 is 28.1. The first-order chi connectivity index (χ1) is 13.9. The number of carbonyl (C=O) groups is 1. The van der Waals surface area contributed by atoms with E-state index in [0.29, 0.717) is 16.6 Å². The number of aryl methyl sites for hydroxylation is 1. The van der Waals surface area contributed by atoms with Crippen LogP contribution in [0.4, 0.5) is 14.5 Å². The van der Waals surface area contributed by atoms with Crippen LogP contribution < -0.4 is 5.32 Å². The third-order valence-corrected chi connectivity index (χ3v) is 6.16. The molecule has 0 aliphatic carbocycles. The van der Waals surface area contributed by atoms with Gasteiger partial charge in [0.1, 0.15) is 17.5 Å². The minimum Gasteiger partial charge on any atom is -0.325 e. The summed E-state index contributed by atoms with van der Waals surface area (Å²) in [6, 6.07) is 10.7. The molecule has 9 heteroatoms. The van der Waals surface area contributed by atoms with Gasteiger partial charge >= 0.3 is 0 Å². The fraction of sp³-hybridized carbons (Fsp3) is 0.250. The molecule has 5 nitrogen and oxygen atoms in total. The zero-order valence-corrected chi connectivity index (χ0v) is 17.6. The summed E-state index contributed by atoms with van der Waals surface area (Å²) in [6.07, 6.45) is 0. The van der Waals surface area contributed by atoms with E-state index < -0.39 is 5.82 Å². The summed E-state index contributed by atoms with van der Waals surface area (Å²) in [5.41, 5.74) is 2.30. The van der Waals surface area contributed by atoms with E-state index in [1.54, 1.807) is 36.9 Å². The molecule has 0 saturated heterocycles. The van der Waals surface area contributed by atoms with Gasteiger partial charge in [-0.25, -0.2) is 8.78 Å². The molecular weight excluding hydrogens is 414 g/mol. The van der Waals surface area contributed by atoms with Gasteiger partial charge in [0.2, 0.25) is 5.91 Å². The van der Waals surface area contributed by atoms with Crippen LogP contribution in [0.5, 0.6) is 0 Å². The average Bonchev–Trinajstić information content (AvgIpc) is 3.04. The highest BCUT2D eigenvalue weighted by Crippen LogP contribution is 2.22. The number of amides is 1. The maximum absolute atomic E-state index is 13.3. The lowest BCUT2D eigenvalue weighted by Crippen LogP contribution is -2.15. The van der Waals surface area contributed by atoms with E-state index in [4.69, 9.17) is 0 Å². The molecule has 0 spiro atoms. The zero-order valence-electron chi connectivity index (χ0n) is 16.0. The largest absolute Gasteiger partial charge is 0.325 e. The van der Waals surface area contributed by atoms with Crippen molar-refractivity contribution >= 4 is 35.1 Å². The van der Waals surface area contributed by atoms with Gasteiger partial charge in [0.25, 0.3) is 0 Å². The maximum Gasteiger partial charge on any atom is 0.234 e. The molecule has 3 aromatic rings. The summed E-state index contributed by atoms with van der Waals surface area (Å²) in [7, 11) is 1.85. The summed E-state index contributed by atoms with van der Waals surface area (Å²) in [4.78, 5) is 12.2. The highest BCUT2D eigenvalue weighted by atomic mass is 32.2. The smallest absolute Gasteiger partial charge is 0.234 e. The molecule has 0 radical (unpaired) electrons. The van der Waals surface area contributed by atoms with E-state index in [-0.39, 0.29) is 17.5 Å². The molecule has 0 unspecified atom stereocenters. The molecular formula is C20H20F2N4OS2. The first-order valence-electron chi connectivity index (χ1n) is 8.81. The van der Waals surface area contributed by atoms with Crippen molar-refractivity contribution in [2.45, 2.75) is 23.6 Å². The number of halogens is 2. The summed E-state index contributed by atoms with van der Waals surface area (Å²) >= 11 is 2.92. The minimum absolute atomic E-state index is 0.144. The van der Waals surface area contributed by atoms with Crippen LogP contribution in [0.25, 0.3) is 0 Å². The van der Waals surface area contributed by atoms with Gasteiger partial charge < -0.3 is 9.88 Å².